The van der Waals surface area contributed by atoms with Crippen LogP contribution in [0.5, 0.6) is 5.75 Å². The second-order valence-electron chi connectivity index (χ2n) is 10.4. The third kappa shape index (κ3) is 8.56. The number of ether oxygens (including phenoxy) is 2. The van der Waals surface area contributed by atoms with Crippen molar-refractivity contribution in [2.75, 3.05) is 19.8 Å². The summed E-state index contributed by atoms with van der Waals surface area (Å²) in [6, 6.07) is 11.2. The fraction of sp³-hybridized carbons (Fsp3) is 0.552. The van der Waals surface area contributed by atoms with Gasteiger partial charge in [-0.25, -0.2) is 4.39 Å². The lowest BCUT2D eigenvalue weighted by atomic mass is 9.88. The Balaban J connectivity index is 1.43. The van der Waals surface area contributed by atoms with Crippen molar-refractivity contribution in [3.63, 3.8) is 0 Å². The monoisotopic (exact) mass is 503 g/mol. The van der Waals surface area contributed by atoms with Gasteiger partial charge in [0.1, 0.15) is 12.7 Å². The molecule has 198 valence electrons. The number of hydrogen-bond donors (Lipinski definition) is 2. The van der Waals surface area contributed by atoms with Crippen LogP contribution in [0, 0.1) is 17.6 Å². The molecule has 0 unspecified atom stereocenters. The van der Waals surface area contributed by atoms with Gasteiger partial charge >= 0.3 is 5.97 Å². The van der Waals surface area contributed by atoms with E-state index in [1.165, 1.54) is 17.2 Å². The minimum atomic E-state index is -1.06. The molecule has 0 heterocycles. The van der Waals surface area contributed by atoms with E-state index < -0.39 is 17.7 Å². The fourth-order valence-corrected chi connectivity index (χ4v) is 4.93. The van der Waals surface area contributed by atoms with Gasteiger partial charge in [-0.15, -0.1) is 0 Å². The molecular weight excluding hydrogens is 464 g/mol. The first kappa shape index (κ1) is 28.1. The lowest BCUT2D eigenvalue weighted by Crippen LogP contribution is -2.46. The smallest absolute Gasteiger partial charge is 0.305 e. The highest BCUT2D eigenvalue weighted by atomic mass is 19.2. The van der Waals surface area contributed by atoms with Crippen molar-refractivity contribution in [3.05, 3.63) is 64.7 Å². The molecule has 0 bridgehead atoms. The summed E-state index contributed by atoms with van der Waals surface area (Å²) >= 11 is 0. The zero-order chi connectivity index (χ0) is 26.1. The van der Waals surface area contributed by atoms with E-state index in [9.17, 15) is 18.7 Å². The van der Waals surface area contributed by atoms with Crippen LogP contribution in [0.3, 0.4) is 0 Å². The maximum absolute atomic E-state index is 14.3. The number of aliphatic hydroxyl groups excluding tert-OH is 1. The summed E-state index contributed by atoms with van der Waals surface area (Å²) in [7, 11) is 0. The second kappa shape index (κ2) is 13.2. The molecule has 0 amide bonds. The Bertz CT molecular complexity index is 986. The number of aryl methyl sites for hydroxylation is 1. The highest BCUT2D eigenvalue weighted by Crippen LogP contribution is 2.32. The first-order valence-corrected chi connectivity index (χ1v) is 12.9. The number of rotatable bonds is 14. The van der Waals surface area contributed by atoms with Crippen LogP contribution in [0.2, 0.25) is 0 Å². The van der Waals surface area contributed by atoms with Gasteiger partial charge in [0.2, 0.25) is 5.82 Å². The van der Waals surface area contributed by atoms with Crippen molar-refractivity contribution in [2.45, 2.75) is 77.4 Å². The highest BCUT2D eigenvalue weighted by Gasteiger charge is 2.28. The molecule has 1 atom stereocenters. The van der Waals surface area contributed by atoms with E-state index in [0.29, 0.717) is 43.8 Å². The number of unbranched alkanes of at least 4 members (excludes halogenated alkanes) is 1. The van der Waals surface area contributed by atoms with Crippen LogP contribution >= 0.6 is 0 Å². The third-order valence-corrected chi connectivity index (χ3v) is 6.64. The van der Waals surface area contributed by atoms with E-state index in [-0.39, 0.29) is 30.4 Å². The van der Waals surface area contributed by atoms with Gasteiger partial charge in [-0.2, -0.15) is 4.39 Å². The third-order valence-electron chi connectivity index (χ3n) is 6.64. The Kier molecular flexibility index (Phi) is 10.3. The van der Waals surface area contributed by atoms with E-state index >= 15 is 0 Å². The zero-order valence-electron chi connectivity index (χ0n) is 21.6. The topological polar surface area (TPSA) is 67.8 Å². The SMILES string of the molecule is CCOC(=O)CCCCc1cc(F)c(F)c(OC[C@@H](O)CNC(C)(C)CC2Cc3ccccc3C2)c1. The van der Waals surface area contributed by atoms with Crippen LogP contribution in [-0.2, 0) is 28.8 Å². The number of halogens is 2. The predicted octanol–water partition coefficient (Wildman–Crippen LogP) is 5.15. The second-order valence-corrected chi connectivity index (χ2v) is 10.4. The normalized spacial score (nSPS) is 14.5. The standard InChI is InChI=1S/C29H39F2NO4/c1-4-35-27(34)12-8-5-9-20-15-25(30)28(31)26(16-20)36-19-24(33)18-32-29(2,3)17-21-13-22-10-6-7-11-23(22)14-21/h6-7,10-11,15-16,21,24,32-33H,4-5,8-9,12-14,17-19H2,1-3H3/t24-/m0/s1. The number of carbonyl (C=O) groups excluding carboxylic acids is 1. The van der Waals surface area contributed by atoms with Crippen LogP contribution in [-0.4, -0.2) is 42.5 Å². The molecule has 0 saturated heterocycles. The van der Waals surface area contributed by atoms with Crippen molar-refractivity contribution in [2.24, 2.45) is 5.92 Å². The van der Waals surface area contributed by atoms with Gasteiger partial charge < -0.3 is 19.9 Å². The van der Waals surface area contributed by atoms with Crippen LogP contribution in [0.4, 0.5) is 8.78 Å². The van der Waals surface area contributed by atoms with Gasteiger partial charge in [0.25, 0.3) is 0 Å². The predicted molar refractivity (Wildman–Crippen MR) is 136 cm³/mol. The molecule has 0 saturated carbocycles. The summed E-state index contributed by atoms with van der Waals surface area (Å²) in [6.07, 6.45) is 4.24. The summed E-state index contributed by atoms with van der Waals surface area (Å²) in [5.41, 5.74) is 3.23. The number of carbonyl (C=O) groups is 1. The Morgan fingerprint density at radius 3 is 2.53 bits per heavy atom. The summed E-state index contributed by atoms with van der Waals surface area (Å²) in [5.74, 6) is -1.97. The molecule has 7 heteroatoms. The van der Waals surface area contributed by atoms with E-state index in [2.05, 4.69) is 43.4 Å². The quantitative estimate of drug-likeness (QED) is 0.276. The lowest BCUT2D eigenvalue weighted by Gasteiger charge is -2.30. The van der Waals surface area contributed by atoms with Crippen molar-refractivity contribution in [1.29, 1.82) is 0 Å². The molecule has 36 heavy (non-hydrogen) atoms. The molecule has 2 N–H and O–H groups in total. The largest absolute Gasteiger partial charge is 0.488 e. The molecule has 1 aliphatic rings. The average molecular weight is 504 g/mol. The van der Waals surface area contributed by atoms with Gasteiger partial charge in [-0.1, -0.05) is 24.3 Å². The molecule has 5 nitrogen and oxygen atoms in total. The maximum atomic E-state index is 14.3. The Hall–Kier alpha value is -2.51. The van der Waals surface area contributed by atoms with Crippen LogP contribution in [0.15, 0.2) is 36.4 Å². The minimum absolute atomic E-state index is 0.152. The summed E-state index contributed by atoms with van der Waals surface area (Å²) in [4.78, 5) is 11.4. The average Bonchev–Trinajstić information content (AvgIpc) is 3.23. The molecule has 0 aliphatic heterocycles. The first-order chi connectivity index (χ1) is 17.2. The minimum Gasteiger partial charge on any atom is -0.488 e. The summed E-state index contributed by atoms with van der Waals surface area (Å²) < 4.78 is 38.7. The number of hydrogen-bond acceptors (Lipinski definition) is 5. The Morgan fingerprint density at radius 2 is 1.86 bits per heavy atom. The van der Waals surface area contributed by atoms with Gasteiger partial charge in [-0.3, -0.25) is 4.79 Å². The molecule has 2 aromatic carbocycles. The van der Waals surface area contributed by atoms with Crippen LogP contribution < -0.4 is 10.1 Å². The molecule has 2 aromatic rings. The van der Waals surface area contributed by atoms with Crippen molar-refractivity contribution in [1.82, 2.24) is 5.32 Å². The van der Waals surface area contributed by atoms with E-state index in [1.807, 2.05) is 0 Å². The van der Waals surface area contributed by atoms with Gasteiger partial charge in [0.05, 0.1) is 6.61 Å². The highest BCUT2D eigenvalue weighted by molar-refractivity contribution is 5.69. The van der Waals surface area contributed by atoms with E-state index in [1.54, 1.807) is 6.92 Å². The summed E-state index contributed by atoms with van der Waals surface area (Å²) in [5, 5.41) is 13.8. The zero-order valence-corrected chi connectivity index (χ0v) is 21.6. The maximum Gasteiger partial charge on any atom is 0.305 e. The van der Waals surface area contributed by atoms with Crippen molar-refractivity contribution >= 4 is 5.97 Å². The number of β-amino-alcohol motifs (C(OH)–C–C–N with tert-alkyl or cyclic N) is 1. The molecular formula is C29H39F2NO4. The summed E-state index contributed by atoms with van der Waals surface area (Å²) in [6.45, 7) is 6.46. The molecule has 0 aromatic heterocycles. The van der Waals surface area contributed by atoms with Gasteiger partial charge in [0, 0.05) is 18.5 Å². The van der Waals surface area contributed by atoms with Crippen molar-refractivity contribution < 1.29 is 28.2 Å². The molecule has 0 spiro atoms. The van der Waals surface area contributed by atoms with E-state index in [0.717, 1.165) is 25.3 Å². The van der Waals surface area contributed by atoms with Crippen LogP contribution in [0.25, 0.3) is 0 Å². The van der Waals surface area contributed by atoms with Gasteiger partial charge in [-0.05, 0) is 94.0 Å². The van der Waals surface area contributed by atoms with E-state index in [4.69, 9.17) is 9.47 Å². The Morgan fingerprint density at radius 1 is 1.17 bits per heavy atom. The van der Waals surface area contributed by atoms with Crippen LogP contribution in [0.1, 0.15) is 63.1 Å². The number of benzene rings is 2. The van der Waals surface area contributed by atoms with Gasteiger partial charge in [0.15, 0.2) is 11.6 Å². The molecule has 1 aliphatic carbocycles. The number of nitrogens with one attached hydrogen (secondary N) is 1. The fourth-order valence-electron chi connectivity index (χ4n) is 4.93. The number of aliphatic hydroxyl groups is 1. The molecule has 0 radical (unpaired) electrons. The molecule has 3 rings (SSSR count). The van der Waals surface area contributed by atoms with Crippen molar-refractivity contribution in [3.8, 4) is 5.75 Å². The Labute approximate surface area is 213 Å². The number of fused-ring (bicyclic) bond motifs is 1. The lowest BCUT2D eigenvalue weighted by molar-refractivity contribution is -0.143. The number of esters is 1. The molecule has 0 fully saturated rings. The first-order valence-electron chi connectivity index (χ1n) is 12.9.